The molecule has 170 valence electrons. The number of carbonyl (C=O) groups excluding carboxylic acids is 3. The normalized spacial score (nSPS) is 14.2. The van der Waals surface area contributed by atoms with Gasteiger partial charge < -0.3 is 20.3 Å². The fourth-order valence-corrected chi connectivity index (χ4v) is 3.71. The maximum absolute atomic E-state index is 12.9. The van der Waals surface area contributed by atoms with Crippen LogP contribution < -0.4 is 15.4 Å². The number of hydrogen-bond donors (Lipinski definition) is 2. The van der Waals surface area contributed by atoms with Crippen LogP contribution >= 0.6 is 11.6 Å². The van der Waals surface area contributed by atoms with Gasteiger partial charge in [0.05, 0.1) is 10.6 Å². The number of carbonyl (C=O) groups is 3. The van der Waals surface area contributed by atoms with Crippen molar-refractivity contribution in [2.75, 3.05) is 25.0 Å². The van der Waals surface area contributed by atoms with E-state index in [1.807, 2.05) is 13.8 Å². The summed E-state index contributed by atoms with van der Waals surface area (Å²) in [6.07, 6.45) is 2.05. The van der Waals surface area contributed by atoms with E-state index >= 15 is 0 Å². The molecule has 1 unspecified atom stereocenters. The lowest BCUT2D eigenvalue weighted by molar-refractivity contribution is -0.132. The maximum Gasteiger partial charge on any atom is 0.260 e. The molecule has 0 spiro atoms. The Morgan fingerprint density at radius 3 is 2.47 bits per heavy atom. The molecule has 2 N–H and O–H groups in total. The minimum absolute atomic E-state index is 0.0418. The number of likely N-dealkylation sites (tertiary alicyclic amines) is 1. The summed E-state index contributed by atoms with van der Waals surface area (Å²) >= 11 is 6.10. The van der Waals surface area contributed by atoms with E-state index < -0.39 is 11.9 Å². The molecule has 2 aromatic rings. The first-order valence-electron chi connectivity index (χ1n) is 10.7. The molecule has 7 nitrogen and oxygen atoms in total. The number of amides is 3. The molecule has 0 radical (unpaired) electrons. The molecule has 1 saturated heterocycles. The van der Waals surface area contributed by atoms with Crippen LogP contribution in [0.15, 0.2) is 48.5 Å². The second kappa shape index (κ2) is 11.0. The lowest BCUT2D eigenvalue weighted by Crippen LogP contribution is -2.47. The third-order valence-electron chi connectivity index (χ3n) is 5.28. The third-order valence-corrected chi connectivity index (χ3v) is 5.61. The number of benzene rings is 2. The van der Waals surface area contributed by atoms with Crippen LogP contribution in [0.1, 0.15) is 37.0 Å². The summed E-state index contributed by atoms with van der Waals surface area (Å²) in [5.74, 6) is -0.484. The van der Waals surface area contributed by atoms with Gasteiger partial charge in [0.25, 0.3) is 11.8 Å². The molecular formula is C24H28ClN3O4. The van der Waals surface area contributed by atoms with Crippen molar-refractivity contribution >= 4 is 35.0 Å². The van der Waals surface area contributed by atoms with Crippen molar-refractivity contribution < 1.29 is 19.1 Å². The molecule has 1 aliphatic heterocycles. The van der Waals surface area contributed by atoms with Gasteiger partial charge in [0.1, 0.15) is 11.8 Å². The Hall–Kier alpha value is -3.06. The highest BCUT2D eigenvalue weighted by molar-refractivity contribution is 6.33. The molecular weight excluding hydrogens is 430 g/mol. The number of halogens is 1. The second-order valence-corrected chi connectivity index (χ2v) is 8.48. The van der Waals surface area contributed by atoms with Crippen molar-refractivity contribution in [3.8, 4) is 5.75 Å². The Labute approximate surface area is 193 Å². The van der Waals surface area contributed by atoms with Crippen molar-refractivity contribution in [3.63, 3.8) is 0 Å². The Kier molecular flexibility index (Phi) is 8.11. The van der Waals surface area contributed by atoms with Gasteiger partial charge in [-0.1, -0.05) is 43.6 Å². The molecule has 0 bridgehead atoms. The Morgan fingerprint density at radius 1 is 1.06 bits per heavy atom. The molecule has 1 fully saturated rings. The molecule has 0 aliphatic carbocycles. The number of rotatable bonds is 8. The van der Waals surface area contributed by atoms with Gasteiger partial charge in [-0.25, -0.2) is 0 Å². The van der Waals surface area contributed by atoms with E-state index in [2.05, 4.69) is 10.6 Å². The van der Waals surface area contributed by atoms with Gasteiger partial charge in [0.2, 0.25) is 5.91 Å². The van der Waals surface area contributed by atoms with Crippen molar-refractivity contribution in [2.24, 2.45) is 5.92 Å². The highest BCUT2D eigenvalue weighted by Gasteiger charge is 2.25. The van der Waals surface area contributed by atoms with E-state index in [1.165, 1.54) is 0 Å². The van der Waals surface area contributed by atoms with Gasteiger partial charge in [-0.15, -0.1) is 0 Å². The summed E-state index contributed by atoms with van der Waals surface area (Å²) in [7, 11) is 0. The van der Waals surface area contributed by atoms with Crippen LogP contribution in [0.4, 0.5) is 5.69 Å². The Bertz CT molecular complexity index is 973. The molecule has 2 aromatic carbocycles. The van der Waals surface area contributed by atoms with Crippen LogP contribution in [-0.4, -0.2) is 48.4 Å². The molecule has 1 heterocycles. The quantitative estimate of drug-likeness (QED) is 0.632. The lowest BCUT2D eigenvalue weighted by atomic mass is 10.0. The summed E-state index contributed by atoms with van der Waals surface area (Å²) in [4.78, 5) is 39.5. The highest BCUT2D eigenvalue weighted by Crippen LogP contribution is 2.20. The molecule has 0 saturated carbocycles. The van der Waals surface area contributed by atoms with Crippen LogP contribution in [0.3, 0.4) is 0 Å². The molecule has 1 atom stereocenters. The summed E-state index contributed by atoms with van der Waals surface area (Å²) in [6, 6.07) is 12.8. The lowest BCUT2D eigenvalue weighted by Gasteiger charge is -2.22. The minimum atomic E-state index is -0.764. The third kappa shape index (κ3) is 6.23. The smallest absolute Gasteiger partial charge is 0.260 e. The maximum atomic E-state index is 12.9. The zero-order chi connectivity index (χ0) is 23.1. The Morgan fingerprint density at radius 2 is 1.78 bits per heavy atom. The van der Waals surface area contributed by atoms with Crippen LogP contribution in [0, 0.1) is 5.92 Å². The zero-order valence-corrected chi connectivity index (χ0v) is 19.0. The number of nitrogens with zero attached hydrogens (tertiary/aromatic N) is 1. The monoisotopic (exact) mass is 457 g/mol. The number of nitrogens with one attached hydrogen (secondary N) is 2. The van der Waals surface area contributed by atoms with E-state index in [0.717, 1.165) is 25.9 Å². The summed E-state index contributed by atoms with van der Waals surface area (Å²) in [6.45, 7) is 5.20. The topological polar surface area (TPSA) is 87.7 Å². The van der Waals surface area contributed by atoms with Crippen LogP contribution in [-0.2, 0) is 9.59 Å². The highest BCUT2D eigenvalue weighted by atomic mass is 35.5. The molecule has 3 amide bonds. The van der Waals surface area contributed by atoms with Gasteiger partial charge in [-0.2, -0.15) is 0 Å². The van der Waals surface area contributed by atoms with Gasteiger partial charge in [0.15, 0.2) is 6.61 Å². The van der Waals surface area contributed by atoms with Crippen molar-refractivity contribution in [1.29, 1.82) is 0 Å². The average Bonchev–Trinajstić information content (AvgIpc) is 3.31. The van der Waals surface area contributed by atoms with E-state index in [0.29, 0.717) is 22.0 Å². The van der Waals surface area contributed by atoms with Gasteiger partial charge in [0, 0.05) is 24.8 Å². The van der Waals surface area contributed by atoms with E-state index in [4.69, 9.17) is 16.3 Å². The van der Waals surface area contributed by atoms with Crippen molar-refractivity contribution in [1.82, 2.24) is 10.2 Å². The predicted octanol–water partition coefficient (Wildman–Crippen LogP) is 3.73. The molecule has 32 heavy (non-hydrogen) atoms. The number of hydrogen-bond acceptors (Lipinski definition) is 4. The first kappa shape index (κ1) is 23.6. The average molecular weight is 458 g/mol. The number of anilines is 1. The van der Waals surface area contributed by atoms with Gasteiger partial charge in [-0.05, 0) is 43.0 Å². The first-order chi connectivity index (χ1) is 15.3. The minimum Gasteiger partial charge on any atom is -0.484 e. The number of ether oxygens (including phenoxy) is 1. The van der Waals surface area contributed by atoms with E-state index in [9.17, 15) is 14.4 Å². The van der Waals surface area contributed by atoms with Gasteiger partial charge >= 0.3 is 0 Å². The van der Waals surface area contributed by atoms with Crippen molar-refractivity contribution in [3.05, 3.63) is 59.1 Å². The predicted molar refractivity (Wildman–Crippen MR) is 124 cm³/mol. The van der Waals surface area contributed by atoms with E-state index in [1.54, 1.807) is 53.4 Å². The van der Waals surface area contributed by atoms with E-state index in [-0.39, 0.29) is 24.3 Å². The van der Waals surface area contributed by atoms with Crippen molar-refractivity contribution in [2.45, 2.75) is 32.7 Å². The summed E-state index contributed by atoms with van der Waals surface area (Å²) in [5.41, 5.74) is 0.824. The molecule has 1 aliphatic rings. The fraction of sp³-hybridized carbons (Fsp3) is 0.375. The summed E-state index contributed by atoms with van der Waals surface area (Å²) < 4.78 is 5.62. The van der Waals surface area contributed by atoms with Crippen LogP contribution in [0.5, 0.6) is 5.75 Å². The van der Waals surface area contributed by atoms with Crippen LogP contribution in [0.2, 0.25) is 5.02 Å². The fourth-order valence-electron chi connectivity index (χ4n) is 3.49. The molecule has 8 heteroatoms. The second-order valence-electron chi connectivity index (χ2n) is 8.07. The Balaban J connectivity index is 1.61. The molecule has 0 aromatic heterocycles. The summed E-state index contributed by atoms with van der Waals surface area (Å²) in [5, 5.41) is 5.90. The standard InChI is InChI=1S/C24H28ClN3O4/c1-16(2)22(27-23(30)19-10-3-4-11-20(19)25)24(31)26-17-8-7-9-18(14-17)32-15-21(29)28-12-5-6-13-28/h3-4,7-11,14,16,22H,5-6,12-13,15H2,1-2H3,(H,26,31)(H,27,30). The SMILES string of the molecule is CC(C)C(NC(=O)c1ccccc1Cl)C(=O)Nc1cccc(OCC(=O)N2CCCC2)c1. The first-order valence-corrected chi connectivity index (χ1v) is 11.1. The van der Waals surface area contributed by atoms with Gasteiger partial charge in [-0.3, -0.25) is 14.4 Å². The van der Waals surface area contributed by atoms with Crippen LogP contribution in [0.25, 0.3) is 0 Å². The molecule has 3 rings (SSSR count). The largest absolute Gasteiger partial charge is 0.484 e. The zero-order valence-electron chi connectivity index (χ0n) is 18.3.